The lowest BCUT2D eigenvalue weighted by Crippen LogP contribution is -2.40. The van der Waals surface area contributed by atoms with Gasteiger partial charge in [-0.15, -0.1) is 0 Å². The predicted molar refractivity (Wildman–Crippen MR) is 124 cm³/mol. The molecule has 31 heavy (non-hydrogen) atoms. The van der Waals surface area contributed by atoms with Gasteiger partial charge in [-0.05, 0) is 48.2 Å². The summed E-state index contributed by atoms with van der Waals surface area (Å²) in [7, 11) is 0. The summed E-state index contributed by atoms with van der Waals surface area (Å²) in [6.07, 6.45) is 2.05. The van der Waals surface area contributed by atoms with E-state index in [1.54, 1.807) is 19.1 Å². The Bertz CT molecular complexity index is 1290. The first-order valence-corrected chi connectivity index (χ1v) is 10.2. The number of ketones is 1. The molecule has 0 unspecified atom stereocenters. The van der Waals surface area contributed by atoms with Gasteiger partial charge in [0.15, 0.2) is 11.5 Å². The highest BCUT2D eigenvalue weighted by atomic mass is 16.3. The van der Waals surface area contributed by atoms with Crippen LogP contribution in [0.15, 0.2) is 79.0 Å². The normalized spacial score (nSPS) is 13.0. The van der Waals surface area contributed by atoms with E-state index in [0.29, 0.717) is 5.69 Å². The quantitative estimate of drug-likeness (QED) is 0.414. The first kappa shape index (κ1) is 20.6. The van der Waals surface area contributed by atoms with Crippen LogP contribution in [0.2, 0.25) is 0 Å². The topological polar surface area (TPSA) is 46.6 Å². The van der Waals surface area contributed by atoms with Crippen molar-refractivity contribution in [2.75, 3.05) is 0 Å². The molecule has 0 radical (unpaired) electrons. The number of aromatic nitrogens is 1. The summed E-state index contributed by atoms with van der Waals surface area (Å²) in [5.41, 5.74) is 3.94. The maximum absolute atomic E-state index is 12.9. The van der Waals surface area contributed by atoms with Gasteiger partial charge >= 0.3 is 0 Å². The molecule has 1 atom stereocenters. The molecule has 4 aromatic rings. The van der Waals surface area contributed by atoms with E-state index in [4.69, 9.17) is 6.57 Å². The molecule has 0 amide bonds. The van der Waals surface area contributed by atoms with Gasteiger partial charge < -0.3 is 9.67 Å². The number of carbonyl (C=O) groups is 1. The van der Waals surface area contributed by atoms with Crippen molar-refractivity contribution in [1.29, 1.82) is 0 Å². The number of Topliss-reactive ketones (excluding diaryl/α,β-unsaturated/α-hetero) is 1. The molecule has 0 aliphatic heterocycles. The van der Waals surface area contributed by atoms with Crippen molar-refractivity contribution in [3.05, 3.63) is 102 Å². The van der Waals surface area contributed by atoms with Crippen LogP contribution < -0.4 is 0 Å². The van der Waals surface area contributed by atoms with E-state index in [9.17, 15) is 9.90 Å². The van der Waals surface area contributed by atoms with E-state index in [2.05, 4.69) is 23.0 Å². The van der Waals surface area contributed by atoms with Crippen LogP contribution in [0.4, 0.5) is 5.69 Å². The molecule has 0 aliphatic rings. The van der Waals surface area contributed by atoms with Crippen LogP contribution >= 0.6 is 0 Å². The second-order valence-electron chi connectivity index (χ2n) is 8.15. The molecule has 1 N–H and O–H groups in total. The first-order valence-electron chi connectivity index (χ1n) is 10.2. The number of fused-ring (bicyclic) bond motifs is 1. The molecule has 4 rings (SSSR count). The smallest absolute Gasteiger partial charge is 0.190 e. The van der Waals surface area contributed by atoms with Crippen molar-refractivity contribution >= 4 is 22.4 Å². The van der Waals surface area contributed by atoms with E-state index in [1.165, 1.54) is 0 Å². The third-order valence-corrected chi connectivity index (χ3v) is 5.72. The second-order valence-corrected chi connectivity index (χ2v) is 8.15. The molecule has 4 heteroatoms. The van der Waals surface area contributed by atoms with Crippen molar-refractivity contribution in [3.63, 3.8) is 0 Å². The van der Waals surface area contributed by atoms with Crippen LogP contribution in [0.5, 0.6) is 0 Å². The first-order chi connectivity index (χ1) is 14.9. The van der Waals surface area contributed by atoms with Gasteiger partial charge in [-0.1, -0.05) is 60.7 Å². The fourth-order valence-corrected chi connectivity index (χ4v) is 3.98. The zero-order valence-electron chi connectivity index (χ0n) is 17.7. The summed E-state index contributed by atoms with van der Waals surface area (Å²) in [4.78, 5) is 16.4. The van der Waals surface area contributed by atoms with Crippen LogP contribution in [-0.4, -0.2) is 21.1 Å². The Morgan fingerprint density at radius 2 is 1.84 bits per heavy atom. The predicted octanol–water partition coefficient (Wildman–Crippen LogP) is 5.73. The minimum absolute atomic E-state index is 0.126. The Kier molecular flexibility index (Phi) is 5.46. The average Bonchev–Trinajstić information content (AvgIpc) is 3.17. The summed E-state index contributed by atoms with van der Waals surface area (Å²) < 4.78 is 1.94. The molecule has 0 saturated heterocycles. The molecule has 154 valence electrons. The van der Waals surface area contributed by atoms with E-state index in [0.717, 1.165) is 33.2 Å². The highest BCUT2D eigenvalue weighted by molar-refractivity contribution is 5.96. The maximum atomic E-state index is 12.9. The molecule has 1 aromatic heterocycles. The van der Waals surface area contributed by atoms with Crippen LogP contribution in [0.3, 0.4) is 0 Å². The molecule has 0 aliphatic carbocycles. The number of hydrogen-bond acceptors (Lipinski definition) is 2. The number of aryl methyl sites for hydroxylation is 1. The number of nitrogens with zero attached hydrogens (tertiary/aromatic N) is 2. The van der Waals surface area contributed by atoms with Gasteiger partial charge in [0.25, 0.3) is 0 Å². The highest BCUT2D eigenvalue weighted by Gasteiger charge is 2.31. The summed E-state index contributed by atoms with van der Waals surface area (Å²) in [5, 5.41) is 12.1. The lowest BCUT2D eigenvalue weighted by molar-refractivity contribution is -0.136. The van der Waals surface area contributed by atoms with Gasteiger partial charge in [0.05, 0.1) is 13.1 Å². The largest absolute Gasteiger partial charge is 0.380 e. The summed E-state index contributed by atoms with van der Waals surface area (Å²) in [6, 6.07) is 23.7. The molecule has 0 bridgehead atoms. The number of carbonyl (C=O) groups excluding carboxylic acids is 1. The van der Waals surface area contributed by atoms with Gasteiger partial charge in [0.1, 0.15) is 5.60 Å². The van der Waals surface area contributed by atoms with Gasteiger partial charge in [0, 0.05) is 23.5 Å². The van der Waals surface area contributed by atoms with Crippen molar-refractivity contribution in [2.24, 2.45) is 0 Å². The van der Waals surface area contributed by atoms with Crippen LogP contribution in [0, 0.1) is 13.5 Å². The number of benzene rings is 3. The van der Waals surface area contributed by atoms with Crippen LogP contribution in [0.1, 0.15) is 18.1 Å². The lowest BCUT2D eigenvalue weighted by atomic mass is 9.94. The summed E-state index contributed by atoms with van der Waals surface area (Å²) >= 11 is 0. The highest BCUT2D eigenvalue weighted by Crippen LogP contribution is 2.30. The molecular formula is C27H24N2O2. The van der Waals surface area contributed by atoms with E-state index >= 15 is 0 Å². The minimum atomic E-state index is -1.51. The third-order valence-electron chi connectivity index (χ3n) is 5.72. The molecular weight excluding hydrogens is 384 g/mol. The van der Waals surface area contributed by atoms with Crippen molar-refractivity contribution < 1.29 is 9.90 Å². The van der Waals surface area contributed by atoms with Crippen LogP contribution in [0.25, 0.3) is 26.9 Å². The zero-order chi connectivity index (χ0) is 22.0. The van der Waals surface area contributed by atoms with Crippen molar-refractivity contribution in [1.82, 2.24) is 4.57 Å². The van der Waals surface area contributed by atoms with Crippen molar-refractivity contribution in [3.8, 4) is 11.1 Å². The standard InChI is InChI=1S/C27H24N2O2/c1-19-16-20(12-13-24(19)28-3)17-26(30)27(2,31)18-29-15-14-23-22(10-7-11-25(23)29)21-8-5-4-6-9-21/h4-16,31H,17-18H2,1-2H3/t27-/m1/s1. The summed E-state index contributed by atoms with van der Waals surface area (Å²) in [6.45, 7) is 10.8. The molecule has 3 aromatic carbocycles. The molecule has 0 fully saturated rings. The van der Waals surface area contributed by atoms with Gasteiger partial charge in [-0.2, -0.15) is 0 Å². The lowest BCUT2D eigenvalue weighted by Gasteiger charge is -2.23. The maximum Gasteiger partial charge on any atom is 0.190 e. The molecule has 1 heterocycles. The van der Waals surface area contributed by atoms with Crippen LogP contribution in [-0.2, 0) is 17.8 Å². The zero-order valence-corrected chi connectivity index (χ0v) is 17.7. The fraction of sp³-hybridized carbons (Fsp3) is 0.185. The van der Waals surface area contributed by atoms with E-state index in [-0.39, 0.29) is 18.7 Å². The Labute approximate surface area is 182 Å². The fourth-order valence-electron chi connectivity index (χ4n) is 3.98. The summed E-state index contributed by atoms with van der Waals surface area (Å²) in [5.74, 6) is -0.247. The van der Waals surface area contributed by atoms with Crippen molar-refractivity contribution in [2.45, 2.75) is 32.4 Å². The number of rotatable bonds is 6. The SMILES string of the molecule is [C-]#[N+]c1ccc(CC(=O)[C@](C)(O)Cn2ccc3c(-c4ccccc4)cccc32)cc1C. The monoisotopic (exact) mass is 408 g/mol. The second kappa shape index (κ2) is 8.22. The van der Waals surface area contributed by atoms with Gasteiger partial charge in [-0.25, -0.2) is 4.85 Å². The molecule has 0 spiro atoms. The Morgan fingerprint density at radius 1 is 1.06 bits per heavy atom. The Morgan fingerprint density at radius 3 is 2.55 bits per heavy atom. The third kappa shape index (κ3) is 4.14. The van der Waals surface area contributed by atoms with Gasteiger partial charge in [0.2, 0.25) is 0 Å². The number of hydrogen-bond donors (Lipinski definition) is 1. The van der Waals surface area contributed by atoms with E-state index in [1.807, 2.05) is 60.2 Å². The Balaban J connectivity index is 1.59. The number of aliphatic hydroxyl groups is 1. The molecule has 4 nitrogen and oxygen atoms in total. The molecule has 0 saturated carbocycles. The van der Waals surface area contributed by atoms with E-state index < -0.39 is 5.60 Å². The average molecular weight is 409 g/mol. The Hall–Kier alpha value is -3.68. The van der Waals surface area contributed by atoms with Gasteiger partial charge in [-0.3, -0.25) is 4.79 Å². The minimum Gasteiger partial charge on any atom is -0.380 e.